The zero-order valence-electron chi connectivity index (χ0n) is 10.7. The largest absolute Gasteiger partial charge is 0.293 e. The molecule has 106 valence electrons. The summed E-state index contributed by atoms with van der Waals surface area (Å²) in [6.07, 6.45) is 0.177. The van der Waals surface area contributed by atoms with Crippen molar-refractivity contribution in [2.24, 2.45) is 0 Å². The number of carbonyl (C=O) groups excluding carboxylic acids is 1. The molecule has 0 bridgehead atoms. The van der Waals surface area contributed by atoms with E-state index in [9.17, 15) is 13.6 Å². The predicted octanol–water partition coefficient (Wildman–Crippen LogP) is 5.37. The van der Waals surface area contributed by atoms with Crippen LogP contribution >= 0.6 is 27.3 Å². The second-order valence-electron chi connectivity index (χ2n) is 4.63. The Morgan fingerprint density at radius 2 is 1.76 bits per heavy atom. The van der Waals surface area contributed by atoms with Gasteiger partial charge >= 0.3 is 0 Å². The van der Waals surface area contributed by atoms with E-state index in [1.54, 1.807) is 18.2 Å². The molecule has 0 amide bonds. The lowest BCUT2D eigenvalue weighted by molar-refractivity contribution is 0.0996. The van der Waals surface area contributed by atoms with Crippen LogP contribution in [0.2, 0.25) is 0 Å². The van der Waals surface area contributed by atoms with E-state index in [0.717, 1.165) is 15.6 Å². The Morgan fingerprint density at radius 3 is 2.52 bits per heavy atom. The Kier molecular flexibility index (Phi) is 3.87. The number of thiophene rings is 1. The zero-order valence-corrected chi connectivity index (χ0v) is 13.1. The molecule has 1 nitrogen and oxygen atoms in total. The van der Waals surface area contributed by atoms with Crippen LogP contribution in [-0.4, -0.2) is 5.78 Å². The predicted molar refractivity (Wildman–Crippen MR) is 83.9 cm³/mol. The molecule has 5 heteroatoms. The minimum atomic E-state index is -0.351. The lowest BCUT2D eigenvalue weighted by Crippen LogP contribution is -2.02. The number of fused-ring (bicyclic) bond motifs is 1. The molecule has 0 atom stereocenters. The number of benzene rings is 2. The van der Waals surface area contributed by atoms with Gasteiger partial charge < -0.3 is 0 Å². The number of ketones is 1. The van der Waals surface area contributed by atoms with Crippen LogP contribution in [0.1, 0.15) is 15.2 Å². The van der Waals surface area contributed by atoms with Crippen molar-refractivity contribution in [1.82, 2.24) is 0 Å². The normalized spacial score (nSPS) is 11.0. The molecule has 1 heterocycles. The number of hydrogen-bond acceptors (Lipinski definition) is 2. The van der Waals surface area contributed by atoms with Crippen molar-refractivity contribution in [3.8, 4) is 0 Å². The van der Waals surface area contributed by atoms with Crippen LogP contribution in [0.15, 0.2) is 46.9 Å². The van der Waals surface area contributed by atoms with Crippen LogP contribution in [0, 0.1) is 11.6 Å². The summed E-state index contributed by atoms with van der Waals surface area (Å²) >= 11 is 4.59. The van der Waals surface area contributed by atoms with Gasteiger partial charge in [-0.1, -0.05) is 22.0 Å². The van der Waals surface area contributed by atoms with Crippen LogP contribution in [0.3, 0.4) is 0 Å². The fraction of sp³-hybridized carbons (Fsp3) is 0.0625. The van der Waals surface area contributed by atoms with Gasteiger partial charge in [-0.15, -0.1) is 11.3 Å². The first-order valence-corrected chi connectivity index (χ1v) is 7.80. The van der Waals surface area contributed by atoms with Crippen molar-refractivity contribution >= 4 is 43.1 Å². The number of carbonyl (C=O) groups is 1. The first-order valence-electron chi connectivity index (χ1n) is 6.19. The van der Waals surface area contributed by atoms with Gasteiger partial charge in [-0.3, -0.25) is 4.79 Å². The summed E-state index contributed by atoms with van der Waals surface area (Å²) in [6, 6.07) is 10.4. The SMILES string of the molecule is O=C(Cc1ccc(F)cc1Br)c1cc2cc(F)ccc2s1. The highest BCUT2D eigenvalue weighted by Gasteiger charge is 2.13. The third-order valence-electron chi connectivity index (χ3n) is 3.12. The molecule has 0 N–H and O–H groups in total. The van der Waals surface area contributed by atoms with Gasteiger partial charge in [-0.25, -0.2) is 8.78 Å². The van der Waals surface area contributed by atoms with Gasteiger partial charge in [0.05, 0.1) is 4.88 Å². The van der Waals surface area contributed by atoms with E-state index in [2.05, 4.69) is 15.9 Å². The van der Waals surface area contributed by atoms with Gasteiger partial charge in [0.15, 0.2) is 5.78 Å². The molecule has 0 aliphatic carbocycles. The Morgan fingerprint density at radius 1 is 1.05 bits per heavy atom. The topological polar surface area (TPSA) is 17.1 Å². The number of halogens is 3. The molecule has 0 fully saturated rings. The molecule has 3 rings (SSSR count). The summed E-state index contributed by atoms with van der Waals surface area (Å²) < 4.78 is 27.6. The number of hydrogen-bond donors (Lipinski definition) is 0. The highest BCUT2D eigenvalue weighted by molar-refractivity contribution is 9.10. The first-order chi connectivity index (χ1) is 10.0. The van der Waals surface area contributed by atoms with Crippen LogP contribution in [-0.2, 0) is 6.42 Å². The fourth-order valence-corrected chi connectivity index (χ4v) is 3.55. The standard InChI is InChI=1S/C16H9BrF2OS/c17-13-8-12(19)2-1-9(13)6-14(20)16-7-10-5-11(18)3-4-15(10)21-16/h1-5,7-8H,6H2. The number of Topliss-reactive ketones (excluding diaryl/α,β-unsaturated/α-hetero) is 1. The van der Waals surface area contributed by atoms with Crippen molar-refractivity contribution in [3.05, 3.63) is 69.0 Å². The van der Waals surface area contributed by atoms with Gasteiger partial charge in [0.25, 0.3) is 0 Å². The van der Waals surface area contributed by atoms with Crippen molar-refractivity contribution in [1.29, 1.82) is 0 Å². The zero-order chi connectivity index (χ0) is 15.0. The maximum Gasteiger partial charge on any atom is 0.177 e. The summed E-state index contributed by atoms with van der Waals surface area (Å²) in [5.74, 6) is -0.736. The van der Waals surface area contributed by atoms with Gasteiger partial charge in [-0.2, -0.15) is 0 Å². The van der Waals surface area contributed by atoms with E-state index in [1.807, 2.05) is 0 Å². The minimum Gasteiger partial charge on any atom is -0.293 e. The number of rotatable bonds is 3. The van der Waals surface area contributed by atoms with Crippen molar-refractivity contribution in [2.45, 2.75) is 6.42 Å². The molecule has 0 saturated carbocycles. The molecule has 2 aromatic carbocycles. The quantitative estimate of drug-likeness (QED) is 0.569. The lowest BCUT2D eigenvalue weighted by Gasteiger charge is -2.02. The highest BCUT2D eigenvalue weighted by atomic mass is 79.9. The summed E-state index contributed by atoms with van der Waals surface area (Å²) in [4.78, 5) is 12.9. The second kappa shape index (κ2) is 5.66. The summed E-state index contributed by atoms with van der Waals surface area (Å²) in [5, 5.41) is 0.724. The minimum absolute atomic E-state index is 0.0658. The Labute approximate surface area is 132 Å². The van der Waals surface area contributed by atoms with E-state index in [4.69, 9.17) is 0 Å². The summed E-state index contributed by atoms with van der Waals surface area (Å²) in [6.45, 7) is 0. The van der Waals surface area contributed by atoms with Gasteiger partial charge in [-0.05, 0) is 47.3 Å². The lowest BCUT2D eigenvalue weighted by atomic mass is 10.1. The third kappa shape index (κ3) is 3.04. The first kappa shape index (κ1) is 14.4. The van der Waals surface area contributed by atoms with E-state index in [1.165, 1.54) is 35.6 Å². The monoisotopic (exact) mass is 366 g/mol. The molecule has 21 heavy (non-hydrogen) atoms. The maximum atomic E-state index is 13.2. The van der Waals surface area contributed by atoms with Crippen molar-refractivity contribution in [2.75, 3.05) is 0 Å². The molecule has 0 aliphatic rings. The van der Waals surface area contributed by atoms with Gasteiger partial charge in [0.2, 0.25) is 0 Å². The molecule has 0 radical (unpaired) electrons. The average molecular weight is 367 g/mol. The van der Waals surface area contributed by atoms with Crippen LogP contribution in [0.4, 0.5) is 8.78 Å². The molecule has 0 aliphatic heterocycles. The van der Waals surface area contributed by atoms with Crippen LogP contribution < -0.4 is 0 Å². The molecule has 0 spiro atoms. The molecule has 0 saturated heterocycles. The van der Waals surface area contributed by atoms with E-state index in [-0.39, 0.29) is 23.8 Å². The highest BCUT2D eigenvalue weighted by Crippen LogP contribution is 2.28. The third-order valence-corrected chi connectivity index (χ3v) is 5.01. The van der Waals surface area contributed by atoms with E-state index in [0.29, 0.717) is 9.35 Å². The van der Waals surface area contributed by atoms with Gasteiger partial charge in [0.1, 0.15) is 11.6 Å². The molecular formula is C16H9BrF2OS. The Bertz CT molecular complexity index is 841. The van der Waals surface area contributed by atoms with Crippen LogP contribution in [0.25, 0.3) is 10.1 Å². The molecule has 3 aromatic rings. The summed E-state index contributed by atoms with van der Waals surface area (Å²) in [5.41, 5.74) is 0.727. The molecular weight excluding hydrogens is 358 g/mol. The van der Waals surface area contributed by atoms with Crippen LogP contribution in [0.5, 0.6) is 0 Å². The van der Waals surface area contributed by atoms with Gasteiger partial charge in [0, 0.05) is 15.6 Å². The maximum absolute atomic E-state index is 13.2. The van der Waals surface area contributed by atoms with Crippen molar-refractivity contribution < 1.29 is 13.6 Å². The smallest absolute Gasteiger partial charge is 0.177 e. The fourth-order valence-electron chi connectivity index (χ4n) is 2.08. The Hall–Kier alpha value is -1.59. The van der Waals surface area contributed by atoms with E-state index >= 15 is 0 Å². The Balaban J connectivity index is 1.89. The molecule has 0 unspecified atom stereocenters. The average Bonchev–Trinajstić information content (AvgIpc) is 2.85. The molecule has 1 aromatic heterocycles. The van der Waals surface area contributed by atoms with Crippen molar-refractivity contribution in [3.63, 3.8) is 0 Å². The van der Waals surface area contributed by atoms with E-state index < -0.39 is 0 Å². The second-order valence-corrected chi connectivity index (χ2v) is 6.57. The summed E-state index contributed by atoms with van der Waals surface area (Å²) in [7, 11) is 0.